The molecule has 1 aromatic rings. The second-order valence-electron chi connectivity index (χ2n) is 5.10. The molecule has 98 valence electrons. The number of amides is 1. The summed E-state index contributed by atoms with van der Waals surface area (Å²) in [6.45, 7) is 5.20. The van der Waals surface area contributed by atoms with Crippen LogP contribution in [0.4, 0.5) is 5.69 Å². The van der Waals surface area contributed by atoms with Gasteiger partial charge in [-0.25, -0.2) is 0 Å². The van der Waals surface area contributed by atoms with Crippen LogP contribution in [0.5, 0.6) is 0 Å². The first-order valence-electron chi connectivity index (χ1n) is 6.82. The van der Waals surface area contributed by atoms with Crippen LogP contribution in [-0.4, -0.2) is 12.5 Å². The average molecular weight is 246 g/mol. The Morgan fingerprint density at radius 2 is 2.00 bits per heavy atom. The van der Waals surface area contributed by atoms with Crippen molar-refractivity contribution in [2.24, 2.45) is 5.92 Å². The third-order valence-electron chi connectivity index (χ3n) is 3.38. The highest BCUT2D eigenvalue weighted by molar-refractivity contribution is 5.91. The van der Waals surface area contributed by atoms with Crippen molar-refractivity contribution in [3.8, 4) is 0 Å². The first-order valence-corrected chi connectivity index (χ1v) is 6.82. The maximum atomic E-state index is 11.7. The number of hydrogen-bond acceptors (Lipinski definition) is 2. The van der Waals surface area contributed by atoms with Gasteiger partial charge in [-0.15, -0.1) is 0 Å². The summed E-state index contributed by atoms with van der Waals surface area (Å²) in [6.07, 6.45) is 3.11. The van der Waals surface area contributed by atoms with Crippen molar-refractivity contribution in [2.45, 2.75) is 39.2 Å². The Morgan fingerprint density at radius 3 is 2.56 bits per heavy atom. The van der Waals surface area contributed by atoms with E-state index in [1.807, 2.05) is 12.1 Å². The second kappa shape index (κ2) is 6.01. The van der Waals surface area contributed by atoms with E-state index in [0.29, 0.717) is 18.4 Å². The van der Waals surface area contributed by atoms with Crippen LogP contribution >= 0.6 is 0 Å². The molecule has 0 heterocycles. The zero-order chi connectivity index (χ0) is 13.0. The fourth-order valence-electron chi connectivity index (χ4n) is 2.08. The Morgan fingerprint density at radius 1 is 1.33 bits per heavy atom. The SMILES string of the molecule is CCNC(C)c1ccc(NC(=O)CC2CC2)cc1. The molecule has 1 aromatic carbocycles. The molecule has 1 fully saturated rings. The maximum Gasteiger partial charge on any atom is 0.224 e. The summed E-state index contributed by atoms with van der Waals surface area (Å²) in [5.74, 6) is 0.781. The molecule has 1 amide bonds. The van der Waals surface area contributed by atoms with Crippen LogP contribution < -0.4 is 10.6 Å². The van der Waals surface area contributed by atoms with Gasteiger partial charge in [0.15, 0.2) is 0 Å². The van der Waals surface area contributed by atoms with Crippen molar-refractivity contribution in [3.63, 3.8) is 0 Å². The number of nitrogens with one attached hydrogen (secondary N) is 2. The molecule has 1 aliphatic carbocycles. The normalized spacial score (nSPS) is 16.3. The van der Waals surface area contributed by atoms with Crippen LogP contribution in [-0.2, 0) is 4.79 Å². The molecular weight excluding hydrogens is 224 g/mol. The minimum atomic E-state index is 0.144. The molecule has 0 aromatic heterocycles. The third-order valence-corrected chi connectivity index (χ3v) is 3.38. The summed E-state index contributed by atoms with van der Waals surface area (Å²) in [7, 11) is 0. The van der Waals surface area contributed by atoms with E-state index in [1.54, 1.807) is 0 Å². The number of carbonyl (C=O) groups excluding carboxylic acids is 1. The first-order chi connectivity index (χ1) is 8.69. The minimum absolute atomic E-state index is 0.144. The first kappa shape index (κ1) is 13.1. The van der Waals surface area contributed by atoms with Crippen LogP contribution in [0, 0.1) is 5.92 Å². The van der Waals surface area contributed by atoms with Crippen molar-refractivity contribution in [3.05, 3.63) is 29.8 Å². The molecule has 0 radical (unpaired) electrons. The van der Waals surface area contributed by atoms with Crippen LogP contribution in [0.1, 0.15) is 44.7 Å². The summed E-state index contributed by atoms with van der Waals surface area (Å²) < 4.78 is 0. The Kier molecular flexibility index (Phi) is 4.37. The highest BCUT2D eigenvalue weighted by atomic mass is 16.1. The molecule has 0 aliphatic heterocycles. The Bertz CT molecular complexity index is 395. The van der Waals surface area contributed by atoms with Crippen LogP contribution in [0.15, 0.2) is 24.3 Å². The molecular formula is C15H22N2O. The molecule has 1 aliphatic rings. The van der Waals surface area contributed by atoms with E-state index in [0.717, 1.165) is 12.2 Å². The molecule has 3 heteroatoms. The molecule has 3 nitrogen and oxygen atoms in total. The van der Waals surface area contributed by atoms with E-state index >= 15 is 0 Å². The van der Waals surface area contributed by atoms with Gasteiger partial charge in [0.1, 0.15) is 0 Å². The van der Waals surface area contributed by atoms with Crippen LogP contribution in [0.25, 0.3) is 0 Å². The molecule has 0 spiro atoms. The smallest absolute Gasteiger partial charge is 0.224 e. The van der Waals surface area contributed by atoms with Gasteiger partial charge in [-0.1, -0.05) is 19.1 Å². The lowest BCUT2D eigenvalue weighted by Crippen LogP contribution is -2.17. The van der Waals surface area contributed by atoms with E-state index in [-0.39, 0.29) is 5.91 Å². The number of anilines is 1. The third kappa shape index (κ3) is 3.84. The fraction of sp³-hybridized carbons (Fsp3) is 0.533. The van der Waals surface area contributed by atoms with Gasteiger partial charge in [0.25, 0.3) is 0 Å². The molecule has 2 rings (SSSR count). The van der Waals surface area contributed by atoms with Crippen molar-refractivity contribution < 1.29 is 4.79 Å². The molecule has 0 saturated heterocycles. The number of rotatable bonds is 6. The van der Waals surface area contributed by atoms with E-state index in [1.165, 1.54) is 18.4 Å². The van der Waals surface area contributed by atoms with Gasteiger partial charge in [-0.2, -0.15) is 0 Å². The Labute approximate surface area is 109 Å². The monoisotopic (exact) mass is 246 g/mol. The number of benzene rings is 1. The largest absolute Gasteiger partial charge is 0.326 e. The summed E-state index contributed by atoms with van der Waals surface area (Å²) in [5.41, 5.74) is 2.14. The topological polar surface area (TPSA) is 41.1 Å². The molecule has 2 N–H and O–H groups in total. The van der Waals surface area contributed by atoms with Gasteiger partial charge in [0.05, 0.1) is 0 Å². The van der Waals surface area contributed by atoms with Crippen LogP contribution in [0.3, 0.4) is 0 Å². The maximum absolute atomic E-state index is 11.7. The molecule has 18 heavy (non-hydrogen) atoms. The molecule has 1 atom stereocenters. The van der Waals surface area contributed by atoms with Crippen molar-refractivity contribution >= 4 is 11.6 Å². The molecule has 1 unspecified atom stereocenters. The Balaban J connectivity index is 1.88. The summed E-state index contributed by atoms with van der Waals surface area (Å²) >= 11 is 0. The minimum Gasteiger partial charge on any atom is -0.326 e. The zero-order valence-corrected chi connectivity index (χ0v) is 11.2. The quantitative estimate of drug-likeness (QED) is 0.810. The van der Waals surface area contributed by atoms with Gasteiger partial charge < -0.3 is 10.6 Å². The van der Waals surface area contributed by atoms with Gasteiger partial charge in [0, 0.05) is 18.2 Å². The van der Waals surface area contributed by atoms with Gasteiger partial charge in [-0.3, -0.25) is 4.79 Å². The molecule has 0 bridgehead atoms. The van der Waals surface area contributed by atoms with Crippen molar-refractivity contribution in [2.75, 3.05) is 11.9 Å². The standard InChI is InChI=1S/C15H22N2O/c1-3-16-11(2)13-6-8-14(9-7-13)17-15(18)10-12-4-5-12/h6-9,11-12,16H,3-5,10H2,1-2H3,(H,17,18). The second-order valence-corrected chi connectivity index (χ2v) is 5.10. The van der Waals surface area contributed by atoms with Crippen molar-refractivity contribution in [1.29, 1.82) is 0 Å². The lowest BCUT2D eigenvalue weighted by atomic mass is 10.1. The predicted octanol–water partition coefficient (Wildman–Crippen LogP) is 3.10. The van der Waals surface area contributed by atoms with E-state index in [9.17, 15) is 4.79 Å². The highest BCUT2D eigenvalue weighted by Gasteiger charge is 2.24. The predicted molar refractivity (Wildman–Crippen MR) is 74.5 cm³/mol. The van der Waals surface area contributed by atoms with E-state index < -0.39 is 0 Å². The summed E-state index contributed by atoms with van der Waals surface area (Å²) in [5, 5.41) is 6.32. The summed E-state index contributed by atoms with van der Waals surface area (Å²) in [4.78, 5) is 11.7. The van der Waals surface area contributed by atoms with Gasteiger partial charge >= 0.3 is 0 Å². The average Bonchev–Trinajstić information content (AvgIpc) is 3.14. The van der Waals surface area contributed by atoms with Crippen molar-refractivity contribution in [1.82, 2.24) is 5.32 Å². The lowest BCUT2D eigenvalue weighted by molar-refractivity contribution is -0.116. The summed E-state index contributed by atoms with van der Waals surface area (Å²) in [6, 6.07) is 8.45. The highest BCUT2D eigenvalue weighted by Crippen LogP contribution is 2.32. The fourth-order valence-corrected chi connectivity index (χ4v) is 2.08. The lowest BCUT2D eigenvalue weighted by Gasteiger charge is -2.13. The zero-order valence-electron chi connectivity index (χ0n) is 11.2. The van der Waals surface area contributed by atoms with E-state index in [4.69, 9.17) is 0 Å². The van der Waals surface area contributed by atoms with E-state index in [2.05, 4.69) is 36.6 Å². The van der Waals surface area contributed by atoms with Gasteiger partial charge in [0.2, 0.25) is 5.91 Å². The number of carbonyl (C=O) groups is 1. The molecule has 1 saturated carbocycles. The van der Waals surface area contributed by atoms with Crippen LogP contribution in [0.2, 0.25) is 0 Å². The Hall–Kier alpha value is -1.35. The number of hydrogen-bond donors (Lipinski definition) is 2. The van der Waals surface area contributed by atoms with Gasteiger partial charge in [-0.05, 0) is 49.9 Å².